The zero-order valence-electron chi connectivity index (χ0n) is 11.0. The predicted molar refractivity (Wildman–Crippen MR) is 73.4 cm³/mol. The highest BCUT2D eigenvalue weighted by atomic mass is 35.5. The highest BCUT2D eigenvalue weighted by Crippen LogP contribution is 2.30. The summed E-state index contributed by atoms with van der Waals surface area (Å²) >= 11 is 6.18. The van der Waals surface area contributed by atoms with Gasteiger partial charge in [-0.3, -0.25) is 0 Å². The third-order valence-electron chi connectivity index (χ3n) is 3.37. The van der Waals surface area contributed by atoms with Crippen LogP contribution >= 0.6 is 11.6 Å². The highest BCUT2D eigenvalue weighted by Gasteiger charge is 2.33. The SMILES string of the molecule is FC(F)(F)c1ccn(-c2cccc(Cl)c2CNC2CC2)n1. The van der Waals surface area contributed by atoms with Crippen LogP contribution in [0.5, 0.6) is 0 Å². The summed E-state index contributed by atoms with van der Waals surface area (Å²) in [5, 5.41) is 7.43. The summed E-state index contributed by atoms with van der Waals surface area (Å²) in [6.07, 6.45) is -0.898. The molecule has 1 heterocycles. The lowest BCUT2D eigenvalue weighted by atomic mass is 10.1. The summed E-state index contributed by atoms with van der Waals surface area (Å²) in [6, 6.07) is 6.58. The third kappa shape index (κ3) is 3.22. The van der Waals surface area contributed by atoms with Gasteiger partial charge in [-0.15, -0.1) is 0 Å². The van der Waals surface area contributed by atoms with Crippen molar-refractivity contribution in [1.29, 1.82) is 0 Å². The third-order valence-corrected chi connectivity index (χ3v) is 3.72. The van der Waals surface area contributed by atoms with Crippen LogP contribution in [0.1, 0.15) is 24.1 Å². The molecule has 0 spiro atoms. The van der Waals surface area contributed by atoms with Crippen molar-refractivity contribution >= 4 is 11.6 Å². The zero-order valence-corrected chi connectivity index (χ0v) is 11.7. The molecule has 0 bridgehead atoms. The Morgan fingerprint density at radius 2 is 2.05 bits per heavy atom. The number of alkyl halides is 3. The predicted octanol–water partition coefficient (Wildman–Crippen LogP) is 3.80. The van der Waals surface area contributed by atoms with Gasteiger partial charge >= 0.3 is 6.18 Å². The average molecular weight is 316 g/mol. The van der Waals surface area contributed by atoms with Crippen LogP contribution in [-0.2, 0) is 12.7 Å². The molecule has 1 fully saturated rings. The van der Waals surface area contributed by atoms with Gasteiger partial charge in [-0.05, 0) is 31.0 Å². The molecule has 0 atom stereocenters. The van der Waals surface area contributed by atoms with Crippen molar-refractivity contribution in [3.63, 3.8) is 0 Å². The number of nitrogens with one attached hydrogen (secondary N) is 1. The Morgan fingerprint density at radius 3 is 2.67 bits per heavy atom. The Bertz CT molecular complexity index is 647. The normalized spacial score (nSPS) is 15.4. The lowest BCUT2D eigenvalue weighted by Crippen LogP contribution is -2.17. The maximum Gasteiger partial charge on any atom is 0.435 e. The first kappa shape index (κ1) is 14.4. The Balaban J connectivity index is 1.93. The summed E-state index contributed by atoms with van der Waals surface area (Å²) in [5.41, 5.74) is 0.401. The molecule has 0 amide bonds. The number of halogens is 4. The number of aromatic nitrogens is 2. The summed E-state index contributed by atoms with van der Waals surface area (Å²) in [5.74, 6) is 0. The first-order chi connectivity index (χ1) is 9.95. The topological polar surface area (TPSA) is 29.9 Å². The number of nitrogens with zero attached hydrogens (tertiary/aromatic N) is 2. The average Bonchev–Trinajstić information content (AvgIpc) is 3.10. The van der Waals surface area contributed by atoms with Gasteiger partial charge in [-0.1, -0.05) is 17.7 Å². The minimum absolute atomic E-state index is 0.484. The second kappa shape index (κ2) is 5.35. The fourth-order valence-corrected chi connectivity index (χ4v) is 2.32. The van der Waals surface area contributed by atoms with Gasteiger partial charge < -0.3 is 5.32 Å². The van der Waals surface area contributed by atoms with Crippen molar-refractivity contribution in [3.8, 4) is 5.69 Å². The number of hydrogen-bond acceptors (Lipinski definition) is 2. The molecular weight excluding hydrogens is 303 g/mol. The Labute approximate surface area is 124 Å². The van der Waals surface area contributed by atoms with Gasteiger partial charge in [0.25, 0.3) is 0 Å². The van der Waals surface area contributed by atoms with Crippen LogP contribution in [0.4, 0.5) is 13.2 Å². The molecule has 1 aliphatic carbocycles. The summed E-state index contributed by atoms with van der Waals surface area (Å²) in [7, 11) is 0. The Morgan fingerprint density at radius 1 is 1.29 bits per heavy atom. The van der Waals surface area contributed by atoms with Crippen LogP contribution in [0.3, 0.4) is 0 Å². The van der Waals surface area contributed by atoms with Gasteiger partial charge in [0.1, 0.15) is 0 Å². The fourth-order valence-electron chi connectivity index (χ4n) is 2.08. The molecular formula is C14H13ClF3N3. The van der Waals surface area contributed by atoms with E-state index in [9.17, 15) is 13.2 Å². The molecule has 1 aliphatic rings. The van der Waals surface area contributed by atoms with Crippen molar-refractivity contribution in [2.75, 3.05) is 0 Å². The van der Waals surface area contributed by atoms with Gasteiger partial charge in [0, 0.05) is 29.4 Å². The molecule has 0 unspecified atom stereocenters. The molecule has 21 heavy (non-hydrogen) atoms. The summed E-state index contributed by atoms with van der Waals surface area (Å²) in [6.45, 7) is 0.515. The van der Waals surface area contributed by atoms with E-state index in [1.54, 1.807) is 18.2 Å². The number of benzene rings is 1. The highest BCUT2D eigenvalue weighted by molar-refractivity contribution is 6.31. The largest absolute Gasteiger partial charge is 0.435 e. The lowest BCUT2D eigenvalue weighted by Gasteiger charge is -2.12. The monoisotopic (exact) mass is 315 g/mol. The van der Waals surface area contributed by atoms with E-state index in [1.807, 2.05) is 0 Å². The van der Waals surface area contributed by atoms with Crippen molar-refractivity contribution in [1.82, 2.24) is 15.1 Å². The van der Waals surface area contributed by atoms with E-state index in [-0.39, 0.29) is 0 Å². The standard InChI is InChI=1S/C14H13ClF3N3/c15-11-2-1-3-12(10(11)8-19-9-4-5-9)21-7-6-13(20-21)14(16,17)18/h1-3,6-7,9,19H,4-5,8H2. The molecule has 7 heteroatoms. The quantitative estimate of drug-likeness (QED) is 0.930. The molecule has 0 radical (unpaired) electrons. The molecule has 0 saturated heterocycles. The van der Waals surface area contributed by atoms with Crippen LogP contribution in [0, 0.1) is 0 Å². The van der Waals surface area contributed by atoms with Gasteiger partial charge in [-0.25, -0.2) is 4.68 Å². The molecule has 2 aromatic rings. The summed E-state index contributed by atoms with van der Waals surface area (Å²) < 4.78 is 39.2. The van der Waals surface area contributed by atoms with E-state index in [2.05, 4.69) is 10.4 Å². The van der Waals surface area contributed by atoms with Crippen molar-refractivity contribution in [3.05, 3.63) is 46.7 Å². The van der Waals surface area contributed by atoms with Crippen LogP contribution in [0.2, 0.25) is 5.02 Å². The van der Waals surface area contributed by atoms with E-state index in [4.69, 9.17) is 11.6 Å². The van der Waals surface area contributed by atoms with Gasteiger partial charge in [0.15, 0.2) is 5.69 Å². The second-order valence-corrected chi connectivity index (χ2v) is 5.44. The maximum absolute atomic E-state index is 12.6. The lowest BCUT2D eigenvalue weighted by molar-refractivity contribution is -0.141. The van der Waals surface area contributed by atoms with Gasteiger partial charge in [0.2, 0.25) is 0 Å². The van der Waals surface area contributed by atoms with Crippen molar-refractivity contribution in [2.24, 2.45) is 0 Å². The summed E-state index contributed by atoms with van der Waals surface area (Å²) in [4.78, 5) is 0. The van der Waals surface area contributed by atoms with Gasteiger partial charge in [0.05, 0.1) is 5.69 Å². The molecule has 0 aliphatic heterocycles. The minimum Gasteiger partial charge on any atom is -0.310 e. The minimum atomic E-state index is -4.45. The molecule has 3 rings (SSSR count). The molecule has 1 aromatic heterocycles. The van der Waals surface area contributed by atoms with Crippen LogP contribution in [-0.4, -0.2) is 15.8 Å². The molecule has 1 saturated carbocycles. The zero-order chi connectivity index (χ0) is 15.0. The molecule has 1 N–H and O–H groups in total. The first-order valence-electron chi connectivity index (χ1n) is 6.59. The van der Waals surface area contributed by atoms with Gasteiger partial charge in [-0.2, -0.15) is 18.3 Å². The van der Waals surface area contributed by atoms with E-state index in [0.29, 0.717) is 23.3 Å². The van der Waals surface area contributed by atoms with E-state index >= 15 is 0 Å². The van der Waals surface area contributed by atoms with E-state index < -0.39 is 11.9 Å². The second-order valence-electron chi connectivity index (χ2n) is 5.04. The fraction of sp³-hybridized carbons (Fsp3) is 0.357. The van der Waals surface area contributed by atoms with Crippen LogP contribution < -0.4 is 5.32 Å². The molecule has 3 nitrogen and oxygen atoms in total. The maximum atomic E-state index is 12.6. The Hall–Kier alpha value is -1.53. The smallest absolute Gasteiger partial charge is 0.310 e. The van der Waals surface area contributed by atoms with Crippen LogP contribution in [0.25, 0.3) is 5.69 Å². The van der Waals surface area contributed by atoms with E-state index in [1.165, 1.54) is 10.9 Å². The molecule has 1 aromatic carbocycles. The van der Waals surface area contributed by atoms with E-state index in [0.717, 1.165) is 24.5 Å². The Kier molecular flexibility index (Phi) is 3.67. The van der Waals surface area contributed by atoms with Crippen LogP contribution in [0.15, 0.2) is 30.5 Å². The molecule has 112 valence electrons. The van der Waals surface area contributed by atoms with Crippen molar-refractivity contribution in [2.45, 2.75) is 31.6 Å². The number of rotatable bonds is 4. The number of hydrogen-bond donors (Lipinski definition) is 1. The first-order valence-corrected chi connectivity index (χ1v) is 6.97. The van der Waals surface area contributed by atoms with Crippen molar-refractivity contribution < 1.29 is 13.2 Å².